The lowest BCUT2D eigenvalue weighted by Crippen LogP contribution is -2.29. The minimum atomic E-state index is -1.57. The first-order chi connectivity index (χ1) is 8.40. The highest BCUT2D eigenvalue weighted by Crippen LogP contribution is 2.26. The maximum Gasteiger partial charge on any atom is 0.338 e. The number of halogens is 2. The van der Waals surface area contributed by atoms with Crippen molar-refractivity contribution in [2.75, 3.05) is 11.4 Å². The summed E-state index contributed by atoms with van der Waals surface area (Å²) in [5.41, 5.74) is 4.49. The van der Waals surface area contributed by atoms with Crippen LogP contribution in [0.4, 0.5) is 14.5 Å². The van der Waals surface area contributed by atoms with Gasteiger partial charge >= 0.3 is 5.97 Å². The van der Waals surface area contributed by atoms with Crippen molar-refractivity contribution >= 4 is 17.6 Å². The standard InChI is InChI=1S/C11H10F2N2O3/c12-7-3-9(8(13)2-6(7)11(17)18)15-4-5(14)1-10(15)16/h2-3,5H,1,4,14H2,(H,17,18). The van der Waals surface area contributed by atoms with Gasteiger partial charge < -0.3 is 15.7 Å². The molecule has 5 nitrogen and oxygen atoms in total. The van der Waals surface area contributed by atoms with Crippen molar-refractivity contribution < 1.29 is 23.5 Å². The van der Waals surface area contributed by atoms with E-state index in [-0.39, 0.29) is 18.7 Å². The fraction of sp³-hybridized carbons (Fsp3) is 0.273. The van der Waals surface area contributed by atoms with E-state index in [0.29, 0.717) is 12.1 Å². The number of nitrogens with two attached hydrogens (primary N) is 1. The van der Waals surface area contributed by atoms with Gasteiger partial charge in [-0.15, -0.1) is 0 Å². The predicted octanol–water partition coefficient (Wildman–Crippen LogP) is 0.727. The summed E-state index contributed by atoms with van der Waals surface area (Å²) in [6, 6.07) is 0.831. The molecule has 1 aromatic rings. The highest BCUT2D eigenvalue weighted by atomic mass is 19.1. The molecule has 3 N–H and O–H groups in total. The van der Waals surface area contributed by atoms with Crippen LogP contribution in [-0.2, 0) is 4.79 Å². The number of carboxylic acids is 1. The Balaban J connectivity index is 2.44. The van der Waals surface area contributed by atoms with Crippen molar-refractivity contribution in [3.8, 4) is 0 Å². The zero-order valence-electron chi connectivity index (χ0n) is 9.19. The van der Waals surface area contributed by atoms with Gasteiger partial charge in [0.25, 0.3) is 0 Å². The number of rotatable bonds is 2. The lowest BCUT2D eigenvalue weighted by atomic mass is 10.1. The van der Waals surface area contributed by atoms with E-state index in [4.69, 9.17) is 10.8 Å². The lowest BCUT2D eigenvalue weighted by molar-refractivity contribution is -0.117. The van der Waals surface area contributed by atoms with Crippen LogP contribution < -0.4 is 10.6 Å². The number of hydrogen-bond acceptors (Lipinski definition) is 3. The van der Waals surface area contributed by atoms with Crippen LogP contribution in [0, 0.1) is 11.6 Å². The summed E-state index contributed by atoms with van der Waals surface area (Å²) in [5, 5.41) is 8.63. The van der Waals surface area contributed by atoms with Gasteiger partial charge in [0.15, 0.2) is 0 Å². The summed E-state index contributed by atoms with van der Waals surface area (Å²) in [4.78, 5) is 23.1. The van der Waals surface area contributed by atoms with Crippen molar-refractivity contribution in [3.63, 3.8) is 0 Å². The molecule has 1 atom stereocenters. The van der Waals surface area contributed by atoms with Gasteiger partial charge in [-0.1, -0.05) is 0 Å². The minimum Gasteiger partial charge on any atom is -0.478 e. The van der Waals surface area contributed by atoms with Crippen LogP contribution in [0.2, 0.25) is 0 Å². The van der Waals surface area contributed by atoms with Gasteiger partial charge in [-0.05, 0) is 6.07 Å². The zero-order chi connectivity index (χ0) is 13.4. The number of anilines is 1. The summed E-state index contributed by atoms with van der Waals surface area (Å²) in [6.45, 7) is 0.0849. The smallest absolute Gasteiger partial charge is 0.338 e. The molecular weight excluding hydrogens is 246 g/mol. The van der Waals surface area contributed by atoms with Crippen molar-refractivity contribution in [2.45, 2.75) is 12.5 Å². The third-order valence-electron chi connectivity index (χ3n) is 2.71. The Labute approximate surface area is 101 Å². The molecule has 0 saturated carbocycles. The number of aromatic carboxylic acids is 1. The predicted molar refractivity (Wildman–Crippen MR) is 58.3 cm³/mol. The first-order valence-electron chi connectivity index (χ1n) is 5.18. The third kappa shape index (κ3) is 2.04. The molecule has 1 fully saturated rings. The summed E-state index contributed by atoms with van der Waals surface area (Å²) in [5.74, 6) is -4.03. The molecule has 2 rings (SSSR count). The number of carbonyl (C=O) groups excluding carboxylic acids is 1. The van der Waals surface area contributed by atoms with E-state index in [2.05, 4.69) is 0 Å². The molecular formula is C11H10F2N2O3. The van der Waals surface area contributed by atoms with Crippen LogP contribution in [0.5, 0.6) is 0 Å². The molecule has 0 aromatic heterocycles. The van der Waals surface area contributed by atoms with Crippen LogP contribution in [0.1, 0.15) is 16.8 Å². The van der Waals surface area contributed by atoms with E-state index in [1.807, 2.05) is 0 Å². The molecule has 1 saturated heterocycles. The quantitative estimate of drug-likeness (QED) is 0.817. The Kier molecular flexibility index (Phi) is 3.00. The van der Waals surface area contributed by atoms with Gasteiger partial charge in [0, 0.05) is 25.1 Å². The van der Waals surface area contributed by atoms with E-state index in [9.17, 15) is 18.4 Å². The first kappa shape index (κ1) is 12.4. The van der Waals surface area contributed by atoms with Crippen LogP contribution in [0.25, 0.3) is 0 Å². The zero-order valence-corrected chi connectivity index (χ0v) is 9.19. The molecule has 1 aromatic carbocycles. The second kappa shape index (κ2) is 4.34. The number of benzene rings is 1. The topological polar surface area (TPSA) is 83.6 Å². The number of carboxylic acid groups (broad SMARTS) is 1. The van der Waals surface area contributed by atoms with Crippen molar-refractivity contribution in [1.29, 1.82) is 0 Å². The molecule has 1 aliphatic rings. The number of nitrogens with zero attached hydrogens (tertiary/aromatic N) is 1. The largest absolute Gasteiger partial charge is 0.478 e. The lowest BCUT2D eigenvalue weighted by Gasteiger charge is -2.17. The SMILES string of the molecule is NC1CC(=O)N(c2cc(F)c(C(=O)O)cc2F)C1. The van der Waals surface area contributed by atoms with Gasteiger partial charge in [0.2, 0.25) is 5.91 Å². The van der Waals surface area contributed by atoms with Crippen molar-refractivity contribution in [1.82, 2.24) is 0 Å². The highest BCUT2D eigenvalue weighted by Gasteiger charge is 2.31. The summed E-state index contributed by atoms with van der Waals surface area (Å²) < 4.78 is 27.1. The monoisotopic (exact) mass is 256 g/mol. The average molecular weight is 256 g/mol. The Morgan fingerprint density at radius 2 is 2.06 bits per heavy atom. The van der Waals surface area contributed by atoms with E-state index in [1.165, 1.54) is 0 Å². The second-order valence-corrected chi connectivity index (χ2v) is 4.06. The molecule has 96 valence electrons. The summed E-state index contributed by atoms with van der Waals surface area (Å²) in [6.07, 6.45) is 0.0573. The van der Waals surface area contributed by atoms with Gasteiger partial charge in [0.1, 0.15) is 11.6 Å². The molecule has 0 spiro atoms. The van der Waals surface area contributed by atoms with Gasteiger partial charge in [-0.25, -0.2) is 13.6 Å². The summed E-state index contributed by atoms with van der Waals surface area (Å²) >= 11 is 0. The Morgan fingerprint density at radius 3 is 2.56 bits per heavy atom. The molecule has 18 heavy (non-hydrogen) atoms. The minimum absolute atomic E-state index is 0.0573. The Morgan fingerprint density at radius 1 is 1.39 bits per heavy atom. The maximum atomic E-state index is 13.7. The first-order valence-corrected chi connectivity index (χ1v) is 5.18. The average Bonchev–Trinajstić information content (AvgIpc) is 2.60. The van der Waals surface area contributed by atoms with Crippen molar-refractivity contribution in [2.24, 2.45) is 5.73 Å². The van der Waals surface area contributed by atoms with Crippen LogP contribution in [0.15, 0.2) is 12.1 Å². The fourth-order valence-electron chi connectivity index (χ4n) is 1.88. The molecule has 1 heterocycles. The van der Waals surface area contributed by atoms with Gasteiger partial charge in [-0.3, -0.25) is 4.79 Å². The second-order valence-electron chi connectivity index (χ2n) is 4.06. The molecule has 1 amide bonds. The molecule has 0 bridgehead atoms. The number of hydrogen-bond donors (Lipinski definition) is 2. The van der Waals surface area contributed by atoms with E-state index in [0.717, 1.165) is 4.90 Å². The number of amides is 1. The van der Waals surface area contributed by atoms with Crippen LogP contribution >= 0.6 is 0 Å². The van der Waals surface area contributed by atoms with E-state index >= 15 is 0 Å². The van der Waals surface area contributed by atoms with Crippen LogP contribution in [-0.4, -0.2) is 29.6 Å². The molecule has 1 unspecified atom stereocenters. The molecule has 7 heteroatoms. The molecule has 1 aliphatic heterocycles. The molecule has 0 aliphatic carbocycles. The van der Waals surface area contributed by atoms with Crippen LogP contribution in [0.3, 0.4) is 0 Å². The van der Waals surface area contributed by atoms with Gasteiger partial charge in [0.05, 0.1) is 11.3 Å². The fourth-order valence-corrected chi connectivity index (χ4v) is 1.88. The molecule has 0 radical (unpaired) electrons. The highest BCUT2D eigenvalue weighted by molar-refractivity contribution is 5.97. The summed E-state index contributed by atoms with van der Waals surface area (Å²) in [7, 11) is 0. The van der Waals surface area contributed by atoms with Gasteiger partial charge in [-0.2, -0.15) is 0 Å². The third-order valence-corrected chi connectivity index (χ3v) is 2.71. The number of carbonyl (C=O) groups is 2. The Bertz CT molecular complexity index is 533. The van der Waals surface area contributed by atoms with E-state index < -0.39 is 35.1 Å². The van der Waals surface area contributed by atoms with E-state index in [1.54, 1.807) is 0 Å². The Hall–Kier alpha value is -2.02. The maximum absolute atomic E-state index is 13.7. The normalized spacial score (nSPS) is 19.4. The van der Waals surface area contributed by atoms with Crippen molar-refractivity contribution in [3.05, 3.63) is 29.3 Å².